The third kappa shape index (κ3) is 5.05. The maximum Gasteiger partial charge on any atom is 0.237 e. The highest BCUT2D eigenvalue weighted by Crippen LogP contribution is 2.21. The first-order chi connectivity index (χ1) is 11.8. The molecule has 1 fully saturated rings. The summed E-state index contributed by atoms with van der Waals surface area (Å²) in [6, 6.07) is 10.5. The molecule has 1 N–H and O–H groups in total. The summed E-state index contributed by atoms with van der Waals surface area (Å²) < 4.78 is 0. The lowest BCUT2D eigenvalue weighted by Gasteiger charge is -2.38. The van der Waals surface area contributed by atoms with Crippen molar-refractivity contribution in [3.63, 3.8) is 0 Å². The number of piperazine rings is 1. The predicted octanol–water partition coefficient (Wildman–Crippen LogP) is 2.27. The van der Waals surface area contributed by atoms with E-state index in [1.807, 2.05) is 36.9 Å². The Morgan fingerprint density at radius 3 is 2.28 bits per heavy atom. The maximum absolute atomic E-state index is 12.8. The summed E-state index contributed by atoms with van der Waals surface area (Å²) in [6.45, 7) is 11.4. The van der Waals surface area contributed by atoms with Gasteiger partial charge in [-0.1, -0.05) is 37.3 Å². The van der Waals surface area contributed by atoms with E-state index in [-0.39, 0.29) is 17.9 Å². The molecule has 2 rings (SSSR count). The van der Waals surface area contributed by atoms with Crippen LogP contribution in [0, 0.1) is 5.41 Å². The molecular formula is C20H31N3O2. The Balaban J connectivity index is 1.88. The first-order valence-electron chi connectivity index (χ1n) is 9.21. The van der Waals surface area contributed by atoms with E-state index >= 15 is 0 Å². The zero-order valence-electron chi connectivity index (χ0n) is 15.9. The first-order valence-corrected chi connectivity index (χ1v) is 9.21. The lowest BCUT2D eigenvalue weighted by atomic mass is 9.89. The summed E-state index contributed by atoms with van der Waals surface area (Å²) in [6.07, 6.45) is 0.855. The van der Waals surface area contributed by atoms with Crippen molar-refractivity contribution in [2.24, 2.45) is 5.41 Å². The van der Waals surface area contributed by atoms with E-state index in [9.17, 15) is 9.59 Å². The van der Waals surface area contributed by atoms with Crippen LogP contribution in [-0.4, -0.2) is 53.8 Å². The van der Waals surface area contributed by atoms with Gasteiger partial charge in [-0.25, -0.2) is 0 Å². The molecule has 1 unspecified atom stereocenters. The van der Waals surface area contributed by atoms with E-state index in [4.69, 9.17) is 0 Å². The minimum absolute atomic E-state index is 0.0762. The van der Waals surface area contributed by atoms with Crippen LogP contribution in [0.15, 0.2) is 30.3 Å². The van der Waals surface area contributed by atoms with Crippen molar-refractivity contribution in [2.45, 2.75) is 46.7 Å². The number of carbonyl (C=O) groups is 2. The SMILES string of the molecule is CCC(C)NC(=O)C(C)(C)C(=O)N1CCN(Cc2ccccc2)CC1. The minimum Gasteiger partial charge on any atom is -0.353 e. The molecule has 1 atom stereocenters. The molecule has 0 radical (unpaired) electrons. The molecule has 1 saturated heterocycles. The molecule has 25 heavy (non-hydrogen) atoms. The van der Waals surface area contributed by atoms with Gasteiger partial charge in [-0.3, -0.25) is 14.5 Å². The van der Waals surface area contributed by atoms with Crippen molar-refractivity contribution in [3.8, 4) is 0 Å². The van der Waals surface area contributed by atoms with Gasteiger partial charge in [0, 0.05) is 38.8 Å². The highest BCUT2D eigenvalue weighted by Gasteiger charge is 2.40. The standard InChI is InChI=1S/C20H31N3O2/c1-5-16(2)21-18(24)20(3,4)19(25)23-13-11-22(12-14-23)15-17-9-7-6-8-10-17/h6-10,16H,5,11-15H2,1-4H3,(H,21,24). The number of nitrogens with one attached hydrogen (secondary N) is 1. The maximum atomic E-state index is 12.8. The second-order valence-electron chi connectivity index (χ2n) is 7.46. The van der Waals surface area contributed by atoms with Crippen LogP contribution in [0.4, 0.5) is 0 Å². The zero-order valence-corrected chi connectivity index (χ0v) is 15.9. The van der Waals surface area contributed by atoms with E-state index in [0.29, 0.717) is 13.1 Å². The second-order valence-corrected chi connectivity index (χ2v) is 7.46. The van der Waals surface area contributed by atoms with Crippen molar-refractivity contribution < 1.29 is 9.59 Å². The molecule has 0 saturated carbocycles. The Bertz CT molecular complexity index is 578. The van der Waals surface area contributed by atoms with Crippen molar-refractivity contribution in [3.05, 3.63) is 35.9 Å². The molecule has 2 amide bonds. The Hall–Kier alpha value is -1.88. The lowest BCUT2D eigenvalue weighted by molar-refractivity contribution is -0.150. The van der Waals surface area contributed by atoms with Crippen molar-refractivity contribution in [1.29, 1.82) is 0 Å². The van der Waals surface area contributed by atoms with Crippen LogP contribution < -0.4 is 5.32 Å². The third-order valence-electron chi connectivity index (χ3n) is 5.00. The molecule has 138 valence electrons. The average Bonchev–Trinajstić information content (AvgIpc) is 2.62. The number of benzene rings is 1. The number of nitrogens with zero attached hydrogens (tertiary/aromatic N) is 2. The summed E-state index contributed by atoms with van der Waals surface area (Å²) in [5.74, 6) is -0.258. The van der Waals surface area contributed by atoms with E-state index in [0.717, 1.165) is 26.1 Å². The summed E-state index contributed by atoms with van der Waals surface area (Å²) in [7, 11) is 0. The molecule has 0 aliphatic carbocycles. The first kappa shape index (κ1) is 19.4. The van der Waals surface area contributed by atoms with Gasteiger partial charge in [0.2, 0.25) is 11.8 Å². The van der Waals surface area contributed by atoms with Gasteiger partial charge < -0.3 is 10.2 Å². The largest absolute Gasteiger partial charge is 0.353 e. The number of rotatable bonds is 6. The third-order valence-corrected chi connectivity index (χ3v) is 5.00. The minimum atomic E-state index is -1.02. The van der Waals surface area contributed by atoms with Gasteiger partial charge >= 0.3 is 0 Å². The molecule has 1 aliphatic heterocycles. The second kappa shape index (κ2) is 8.48. The van der Waals surface area contributed by atoms with Crippen LogP contribution in [0.2, 0.25) is 0 Å². The molecule has 1 aromatic carbocycles. The van der Waals surface area contributed by atoms with Crippen LogP contribution >= 0.6 is 0 Å². The van der Waals surface area contributed by atoms with Crippen molar-refractivity contribution >= 4 is 11.8 Å². The Morgan fingerprint density at radius 2 is 1.72 bits per heavy atom. The van der Waals surface area contributed by atoms with Gasteiger partial charge in [0.25, 0.3) is 0 Å². The molecule has 1 aromatic rings. The molecule has 1 heterocycles. The van der Waals surface area contributed by atoms with Crippen LogP contribution in [-0.2, 0) is 16.1 Å². The van der Waals surface area contributed by atoms with E-state index < -0.39 is 5.41 Å². The van der Waals surface area contributed by atoms with Gasteiger partial charge in [0.15, 0.2) is 0 Å². The van der Waals surface area contributed by atoms with Crippen molar-refractivity contribution in [2.75, 3.05) is 26.2 Å². The highest BCUT2D eigenvalue weighted by atomic mass is 16.2. The quantitative estimate of drug-likeness (QED) is 0.805. The van der Waals surface area contributed by atoms with Crippen LogP contribution in [0.3, 0.4) is 0 Å². The predicted molar refractivity (Wildman–Crippen MR) is 100.0 cm³/mol. The number of carbonyl (C=O) groups excluding carboxylic acids is 2. The highest BCUT2D eigenvalue weighted by molar-refractivity contribution is 6.04. The van der Waals surface area contributed by atoms with E-state index in [1.165, 1.54) is 5.56 Å². The van der Waals surface area contributed by atoms with Gasteiger partial charge in [0.1, 0.15) is 5.41 Å². The van der Waals surface area contributed by atoms with Gasteiger partial charge in [-0.2, -0.15) is 0 Å². The monoisotopic (exact) mass is 345 g/mol. The zero-order chi connectivity index (χ0) is 18.4. The molecule has 5 nitrogen and oxygen atoms in total. The summed E-state index contributed by atoms with van der Waals surface area (Å²) in [4.78, 5) is 29.5. The van der Waals surface area contributed by atoms with Gasteiger partial charge in [-0.15, -0.1) is 0 Å². The topological polar surface area (TPSA) is 52.7 Å². The molecular weight excluding hydrogens is 314 g/mol. The summed E-state index contributed by atoms with van der Waals surface area (Å²) >= 11 is 0. The lowest BCUT2D eigenvalue weighted by Crippen LogP contribution is -2.56. The van der Waals surface area contributed by atoms with Crippen molar-refractivity contribution in [1.82, 2.24) is 15.1 Å². The van der Waals surface area contributed by atoms with Crippen LogP contribution in [0.5, 0.6) is 0 Å². The molecule has 0 spiro atoms. The van der Waals surface area contributed by atoms with Gasteiger partial charge in [0.05, 0.1) is 0 Å². The normalized spacial score (nSPS) is 17.2. The van der Waals surface area contributed by atoms with Crippen LogP contribution in [0.25, 0.3) is 0 Å². The number of amides is 2. The van der Waals surface area contributed by atoms with Gasteiger partial charge in [-0.05, 0) is 32.8 Å². The summed E-state index contributed by atoms with van der Waals surface area (Å²) in [5, 5.41) is 2.93. The van der Waals surface area contributed by atoms with E-state index in [1.54, 1.807) is 13.8 Å². The Morgan fingerprint density at radius 1 is 1.12 bits per heavy atom. The average molecular weight is 345 g/mol. The summed E-state index contributed by atoms with van der Waals surface area (Å²) in [5.41, 5.74) is 0.265. The fraction of sp³-hybridized carbons (Fsp3) is 0.600. The van der Waals surface area contributed by atoms with Crippen LogP contribution in [0.1, 0.15) is 39.7 Å². The Labute approximate surface area is 151 Å². The Kier molecular flexibility index (Phi) is 6.59. The fourth-order valence-electron chi connectivity index (χ4n) is 2.95. The van der Waals surface area contributed by atoms with E-state index in [2.05, 4.69) is 22.3 Å². The molecule has 1 aliphatic rings. The number of hydrogen-bond donors (Lipinski definition) is 1. The smallest absolute Gasteiger partial charge is 0.237 e. The fourth-order valence-corrected chi connectivity index (χ4v) is 2.95. The molecule has 5 heteroatoms. The number of hydrogen-bond acceptors (Lipinski definition) is 3. The molecule has 0 bridgehead atoms. The molecule has 0 aromatic heterocycles.